The van der Waals surface area contributed by atoms with Crippen molar-refractivity contribution in [3.63, 3.8) is 0 Å². The van der Waals surface area contributed by atoms with Crippen LogP contribution in [0.3, 0.4) is 0 Å². The van der Waals surface area contributed by atoms with Gasteiger partial charge in [0.15, 0.2) is 5.69 Å². The van der Waals surface area contributed by atoms with E-state index < -0.39 is 17.9 Å². The number of carbonyl (C=O) groups excluding carboxylic acids is 1. The van der Waals surface area contributed by atoms with E-state index in [0.717, 1.165) is 0 Å². The van der Waals surface area contributed by atoms with Crippen molar-refractivity contribution in [3.05, 3.63) is 12.0 Å². The Bertz CT molecular complexity index is 429. The number of carboxylic acid groups (broad SMARTS) is 1. The first kappa shape index (κ1) is 14.0. The lowest BCUT2D eigenvalue weighted by Crippen LogP contribution is -2.28. The summed E-state index contributed by atoms with van der Waals surface area (Å²) in [5.74, 6) is -2.03. The van der Waals surface area contributed by atoms with Gasteiger partial charge in [-0.15, -0.1) is 0 Å². The molecule has 0 amide bonds. The van der Waals surface area contributed by atoms with E-state index in [1.54, 1.807) is 20.9 Å². The third-order valence-corrected chi connectivity index (χ3v) is 2.27. The Balaban J connectivity index is 2.67. The van der Waals surface area contributed by atoms with Crippen molar-refractivity contribution < 1.29 is 23.8 Å². The van der Waals surface area contributed by atoms with Gasteiger partial charge in [0.1, 0.15) is 6.26 Å². The van der Waals surface area contributed by atoms with Crippen LogP contribution in [0.5, 0.6) is 0 Å². The molecule has 0 aromatic carbocycles. The number of nitrogens with zero attached hydrogens (tertiary/aromatic N) is 2. The maximum atomic E-state index is 11.4. The highest BCUT2D eigenvalue weighted by Gasteiger charge is 2.19. The maximum Gasteiger partial charge on any atom is 0.360 e. The first-order chi connectivity index (χ1) is 8.45. The zero-order chi connectivity index (χ0) is 13.7. The molecule has 1 unspecified atom stereocenters. The number of anilines is 1. The Labute approximate surface area is 104 Å². The van der Waals surface area contributed by atoms with Gasteiger partial charge in [0.2, 0.25) is 0 Å². The smallest absolute Gasteiger partial charge is 0.360 e. The molecule has 0 aliphatic rings. The SMILES string of the molecule is CCOC(=O)c1coc(N(C)CC(C)C(=O)O)n1. The third-order valence-electron chi connectivity index (χ3n) is 2.27. The zero-order valence-electron chi connectivity index (χ0n) is 10.5. The van der Waals surface area contributed by atoms with Gasteiger partial charge in [-0.1, -0.05) is 6.92 Å². The summed E-state index contributed by atoms with van der Waals surface area (Å²) >= 11 is 0. The van der Waals surface area contributed by atoms with Crippen molar-refractivity contribution in [2.45, 2.75) is 13.8 Å². The molecule has 1 N–H and O–H groups in total. The average molecular weight is 256 g/mol. The van der Waals surface area contributed by atoms with Crippen LogP contribution in [-0.4, -0.2) is 42.2 Å². The first-order valence-corrected chi connectivity index (χ1v) is 5.52. The van der Waals surface area contributed by atoms with Crippen LogP contribution in [0.15, 0.2) is 10.7 Å². The summed E-state index contributed by atoms with van der Waals surface area (Å²) in [6.45, 7) is 3.76. The lowest BCUT2D eigenvalue weighted by molar-refractivity contribution is -0.140. The number of ether oxygens (including phenoxy) is 1. The number of aliphatic carboxylic acids is 1. The minimum absolute atomic E-state index is 0.0710. The number of rotatable bonds is 6. The molecule has 1 aromatic heterocycles. The summed E-state index contributed by atoms with van der Waals surface area (Å²) in [5, 5.41) is 8.79. The molecule has 18 heavy (non-hydrogen) atoms. The van der Waals surface area contributed by atoms with E-state index >= 15 is 0 Å². The van der Waals surface area contributed by atoms with Crippen molar-refractivity contribution >= 4 is 18.0 Å². The first-order valence-electron chi connectivity index (χ1n) is 5.52. The van der Waals surface area contributed by atoms with E-state index in [2.05, 4.69) is 4.98 Å². The molecule has 0 bridgehead atoms. The molecular weight excluding hydrogens is 240 g/mol. The summed E-state index contributed by atoms with van der Waals surface area (Å²) in [4.78, 5) is 27.5. The van der Waals surface area contributed by atoms with E-state index in [0.29, 0.717) is 0 Å². The van der Waals surface area contributed by atoms with Gasteiger partial charge in [0.25, 0.3) is 6.01 Å². The Morgan fingerprint density at radius 3 is 2.83 bits per heavy atom. The Kier molecular flexibility index (Phi) is 4.70. The fraction of sp³-hybridized carbons (Fsp3) is 0.545. The average Bonchev–Trinajstić information content (AvgIpc) is 2.78. The van der Waals surface area contributed by atoms with Gasteiger partial charge in [0, 0.05) is 13.6 Å². The molecule has 7 nitrogen and oxygen atoms in total. The number of aromatic nitrogens is 1. The van der Waals surface area contributed by atoms with Crippen LogP contribution >= 0.6 is 0 Å². The largest absolute Gasteiger partial charge is 0.481 e. The van der Waals surface area contributed by atoms with E-state index in [4.69, 9.17) is 14.3 Å². The minimum atomic E-state index is -0.904. The molecule has 0 saturated heterocycles. The van der Waals surface area contributed by atoms with E-state index in [9.17, 15) is 9.59 Å². The van der Waals surface area contributed by atoms with Crippen LogP contribution in [-0.2, 0) is 9.53 Å². The monoisotopic (exact) mass is 256 g/mol. The van der Waals surface area contributed by atoms with Crippen LogP contribution in [0.25, 0.3) is 0 Å². The van der Waals surface area contributed by atoms with Crippen LogP contribution in [0, 0.1) is 5.92 Å². The Hall–Kier alpha value is -2.05. The topological polar surface area (TPSA) is 92.9 Å². The van der Waals surface area contributed by atoms with Gasteiger partial charge in [0.05, 0.1) is 12.5 Å². The van der Waals surface area contributed by atoms with Crippen molar-refractivity contribution in [2.24, 2.45) is 5.92 Å². The van der Waals surface area contributed by atoms with E-state index in [1.165, 1.54) is 11.2 Å². The van der Waals surface area contributed by atoms with Gasteiger partial charge >= 0.3 is 11.9 Å². The molecule has 7 heteroatoms. The molecule has 0 radical (unpaired) electrons. The number of hydrogen-bond donors (Lipinski definition) is 1. The molecule has 0 aliphatic heterocycles. The number of oxazole rings is 1. The van der Waals surface area contributed by atoms with Gasteiger partial charge in [-0.2, -0.15) is 4.98 Å². The second kappa shape index (κ2) is 6.04. The molecule has 1 atom stereocenters. The molecule has 1 rings (SSSR count). The van der Waals surface area contributed by atoms with Crippen LogP contribution < -0.4 is 4.90 Å². The van der Waals surface area contributed by atoms with E-state index in [-0.39, 0.29) is 24.9 Å². The normalized spacial score (nSPS) is 11.9. The number of carboxylic acids is 1. The van der Waals surface area contributed by atoms with Crippen LogP contribution in [0.1, 0.15) is 24.3 Å². The summed E-state index contributed by atoms with van der Waals surface area (Å²) in [6.07, 6.45) is 1.19. The van der Waals surface area contributed by atoms with E-state index in [1.807, 2.05) is 0 Å². The molecule has 100 valence electrons. The van der Waals surface area contributed by atoms with Crippen molar-refractivity contribution in [3.8, 4) is 0 Å². The second-order valence-corrected chi connectivity index (χ2v) is 3.86. The number of hydrogen-bond acceptors (Lipinski definition) is 6. The number of carbonyl (C=O) groups is 2. The van der Waals surface area contributed by atoms with Gasteiger partial charge in [-0.05, 0) is 6.92 Å². The van der Waals surface area contributed by atoms with Gasteiger partial charge in [-0.3, -0.25) is 4.79 Å². The molecule has 0 spiro atoms. The highest BCUT2D eigenvalue weighted by atomic mass is 16.5. The minimum Gasteiger partial charge on any atom is -0.481 e. The lowest BCUT2D eigenvalue weighted by Gasteiger charge is -2.16. The fourth-order valence-electron chi connectivity index (χ4n) is 1.31. The predicted octanol–water partition coefficient (Wildman–Crippen LogP) is 1.01. The standard InChI is InChI=1S/C11H16N2O5/c1-4-17-10(16)8-6-18-11(12-8)13(3)5-7(2)9(14)15/h6-7H,4-5H2,1-3H3,(H,14,15). The molecule has 0 fully saturated rings. The Morgan fingerprint density at radius 1 is 1.61 bits per heavy atom. The number of esters is 1. The van der Waals surface area contributed by atoms with Crippen molar-refractivity contribution in [1.29, 1.82) is 0 Å². The Morgan fingerprint density at radius 2 is 2.28 bits per heavy atom. The molecule has 1 aromatic rings. The predicted molar refractivity (Wildman–Crippen MR) is 62.5 cm³/mol. The van der Waals surface area contributed by atoms with Crippen LogP contribution in [0.2, 0.25) is 0 Å². The molecular formula is C11H16N2O5. The quantitative estimate of drug-likeness (QED) is 0.759. The third kappa shape index (κ3) is 3.47. The van der Waals surface area contributed by atoms with Crippen molar-refractivity contribution in [2.75, 3.05) is 25.1 Å². The summed E-state index contributed by atoms with van der Waals surface area (Å²) in [7, 11) is 1.64. The van der Waals surface area contributed by atoms with Crippen LogP contribution in [0.4, 0.5) is 6.01 Å². The molecule has 0 aliphatic carbocycles. The highest BCUT2D eigenvalue weighted by molar-refractivity contribution is 5.87. The highest BCUT2D eigenvalue weighted by Crippen LogP contribution is 2.14. The fourth-order valence-corrected chi connectivity index (χ4v) is 1.31. The van der Waals surface area contributed by atoms with Gasteiger partial charge in [-0.25, -0.2) is 4.79 Å². The van der Waals surface area contributed by atoms with Gasteiger partial charge < -0.3 is 19.2 Å². The summed E-state index contributed by atoms with van der Waals surface area (Å²) in [6, 6.07) is 0.186. The van der Waals surface area contributed by atoms with Crippen molar-refractivity contribution in [1.82, 2.24) is 4.98 Å². The molecule has 0 saturated carbocycles. The maximum absolute atomic E-state index is 11.4. The zero-order valence-corrected chi connectivity index (χ0v) is 10.5. The second-order valence-electron chi connectivity index (χ2n) is 3.86. The molecule has 1 heterocycles. The summed E-state index contributed by atoms with van der Waals surface area (Å²) in [5.41, 5.74) is 0.0710. The summed E-state index contributed by atoms with van der Waals surface area (Å²) < 4.78 is 9.86. The lowest BCUT2D eigenvalue weighted by atomic mass is 10.2.